The van der Waals surface area contributed by atoms with Gasteiger partial charge in [0.1, 0.15) is 17.6 Å². The standard InChI is InChI=1S/C18H23N3O2S/c1-12-7-13-8-16(22-3)14(9-17(13)23-12)10-20-18(19-2)21-11-15-5-4-6-24-15/h4-6,8-9,12H,7,10-11H2,1-3H3,(H2,19,20,21). The van der Waals surface area contributed by atoms with Crippen molar-refractivity contribution in [3.63, 3.8) is 0 Å². The predicted molar refractivity (Wildman–Crippen MR) is 98.1 cm³/mol. The minimum absolute atomic E-state index is 0.230. The second kappa shape index (κ2) is 7.57. The Labute approximate surface area is 146 Å². The van der Waals surface area contributed by atoms with Gasteiger partial charge >= 0.3 is 0 Å². The zero-order valence-electron chi connectivity index (χ0n) is 14.3. The SMILES string of the molecule is CN=C(NCc1cccs1)NCc1cc2c(cc1OC)CC(C)O2. The average molecular weight is 345 g/mol. The fourth-order valence-corrected chi connectivity index (χ4v) is 3.44. The maximum Gasteiger partial charge on any atom is 0.191 e. The quantitative estimate of drug-likeness (QED) is 0.646. The minimum Gasteiger partial charge on any atom is -0.496 e. The molecule has 0 fully saturated rings. The van der Waals surface area contributed by atoms with E-state index in [0.717, 1.165) is 36.0 Å². The summed E-state index contributed by atoms with van der Waals surface area (Å²) in [5.41, 5.74) is 2.27. The Morgan fingerprint density at radius 1 is 1.38 bits per heavy atom. The van der Waals surface area contributed by atoms with Crippen molar-refractivity contribution in [1.82, 2.24) is 10.6 Å². The molecule has 0 amide bonds. The fourth-order valence-electron chi connectivity index (χ4n) is 2.79. The van der Waals surface area contributed by atoms with E-state index in [1.165, 1.54) is 10.4 Å². The third kappa shape index (κ3) is 3.82. The van der Waals surface area contributed by atoms with E-state index in [0.29, 0.717) is 6.54 Å². The van der Waals surface area contributed by atoms with Gasteiger partial charge < -0.3 is 20.1 Å². The van der Waals surface area contributed by atoms with Crippen LogP contribution < -0.4 is 20.1 Å². The van der Waals surface area contributed by atoms with Crippen LogP contribution in [-0.4, -0.2) is 26.2 Å². The van der Waals surface area contributed by atoms with Gasteiger partial charge in [-0.2, -0.15) is 0 Å². The van der Waals surface area contributed by atoms with Gasteiger partial charge in [0.15, 0.2) is 5.96 Å². The maximum absolute atomic E-state index is 5.85. The molecule has 1 aromatic heterocycles. The Bertz CT molecular complexity index is 713. The van der Waals surface area contributed by atoms with E-state index in [4.69, 9.17) is 9.47 Å². The number of benzene rings is 1. The summed E-state index contributed by atoms with van der Waals surface area (Å²) >= 11 is 1.73. The van der Waals surface area contributed by atoms with Crippen LogP contribution in [0.25, 0.3) is 0 Å². The van der Waals surface area contributed by atoms with Gasteiger partial charge in [0.25, 0.3) is 0 Å². The number of hydrogen-bond donors (Lipinski definition) is 2. The average Bonchev–Trinajstić information content (AvgIpc) is 3.22. The Morgan fingerprint density at radius 3 is 2.92 bits per heavy atom. The summed E-state index contributed by atoms with van der Waals surface area (Å²) in [6.45, 7) is 3.47. The van der Waals surface area contributed by atoms with Gasteiger partial charge in [-0.15, -0.1) is 11.3 Å². The zero-order valence-corrected chi connectivity index (χ0v) is 15.1. The molecule has 1 unspecified atom stereocenters. The Kier molecular flexibility index (Phi) is 5.25. The van der Waals surface area contributed by atoms with E-state index in [9.17, 15) is 0 Å². The molecule has 0 saturated heterocycles. The van der Waals surface area contributed by atoms with E-state index >= 15 is 0 Å². The molecular formula is C18H23N3O2S. The fraction of sp³-hybridized carbons (Fsp3) is 0.389. The Hall–Kier alpha value is -2.21. The highest BCUT2D eigenvalue weighted by Crippen LogP contribution is 2.34. The van der Waals surface area contributed by atoms with Crippen LogP contribution in [0.2, 0.25) is 0 Å². The first-order valence-electron chi connectivity index (χ1n) is 8.03. The summed E-state index contributed by atoms with van der Waals surface area (Å²) in [6.07, 6.45) is 1.16. The molecule has 0 bridgehead atoms. The first-order valence-corrected chi connectivity index (χ1v) is 8.91. The van der Waals surface area contributed by atoms with Crippen molar-refractivity contribution < 1.29 is 9.47 Å². The summed E-state index contributed by atoms with van der Waals surface area (Å²) in [4.78, 5) is 5.54. The number of nitrogens with one attached hydrogen (secondary N) is 2. The summed E-state index contributed by atoms with van der Waals surface area (Å²) in [5.74, 6) is 2.61. The third-order valence-corrected chi connectivity index (χ3v) is 4.86. The molecule has 128 valence electrons. The van der Waals surface area contributed by atoms with Crippen LogP contribution in [0.5, 0.6) is 11.5 Å². The molecule has 6 heteroatoms. The lowest BCUT2D eigenvalue weighted by molar-refractivity contribution is 0.254. The lowest BCUT2D eigenvalue weighted by Crippen LogP contribution is -2.36. The van der Waals surface area contributed by atoms with Crippen LogP contribution in [0.4, 0.5) is 0 Å². The van der Waals surface area contributed by atoms with Gasteiger partial charge in [0, 0.05) is 36.0 Å². The van der Waals surface area contributed by atoms with Crippen LogP contribution in [0, 0.1) is 0 Å². The number of aliphatic imine (C=N–C) groups is 1. The van der Waals surface area contributed by atoms with E-state index in [-0.39, 0.29) is 6.10 Å². The first kappa shape index (κ1) is 16.6. The number of rotatable bonds is 5. The molecule has 0 saturated carbocycles. The van der Waals surface area contributed by atoms with E-state index in [2.05, 4.69) is 46.1 Å². The van der Waals surface area contributed by atoms with Crippen LogP contribution in [-0.2, 0) is 19.5 Å². The van der Waals surface area contributed by atoms with E-state index in [1.54, 1.807) is 25.5 Å². The van der Waals surface area contributed by atoms with Crippen molar-refractivity contribution in [3.8, 4) is 11.5 Å². The van der Waals surface area contributed by atoms with Crippen LogP contribution in [0.3, 0.4) is 0 Å². The van der Waals surface area contributed by atoms with Crippen LogP contribution in [0.1, 0.15) is 22.9 Å². The van der Waals surface area contributed by atoms with Gasteiger partial charge in [-0.1, -0.05) is 6.07 Å². The van der Waals surface area contributed by atoms with Crippen molar-refractivity contribution in [2.24, 2.45) is 4.99 Å². The largest absolute Gasteiger partial charge is 0.496 e. The molecule has 0 aliphatic carbocycles. The topological polar surface area (TPSA) is 54.9 Å². The number of guanidine groups is 1. The minimum atomic E-state index is 0.230. The zero-order chi connectivity index (χ0) is 16.9. The Balaban J connectivity index is 1.63. The highest BCUT2D eigenvalue weighted by molar-refractivity contribution is 7.09. The lowest BCUT2D eigenvalue weighted by atomic mass is 10.1. The number of fused-ring (bicyclic) bond motifs is 1. The summed E-state index contributed by atoms with van der Waals surface area (Å²) < 4.78 is 11.4. The monoisotopic (exact) mass is 345 g/mol. The van der Waals surface area contributed by atoms with Crippen molar-refractivity contribution in [1.29, 1.82) is 0 Å². The molecule has 1 aliphatic rings. The van der Waals surface area contributed by atoms with Crippen molar-refractivity contribution >= 4 is 17.3 Å². The predicted octanol–water partition coefficient (Wildman–Crippen LogP) is 2.95. The third-order valence-electron chi connectivity index (χ3n) is 3.98. The van der Waals surface area contributed by atoms with Crippen molar-refractivity contribution in [2.45, 2.75) is 32.5 Å². The van der Waals surface area contributed by atoms with Gasteiger partial charge in [-0.05, 0) is 30.5 Å². The molecule has 1 aliphatic heterocycles. The van der Waals surface area contributed by atoms with E-state index < -0.39 is 0 Å². The summed E-state index contributed by atoms with van der Waals surface area (Å²) in [7, 11) is 3.47. The van der Waals surface area contributed by atoms with Gasteiger partial charge in [0.2, 0.25) is 0 Å². The number of thiophene rings is 1. The molecule has 0 spiro atoms. The lowest BCUT2D eigenvalue weighted by Gasteiger charge is -2.14. The molecule has 5 nitrogen and oxygen atoms in total. The number of nitrogens with zero attached hydrogens (tertiary/aromatic N) is 1. The second-order valence-electron chi connectivity index (χ2n) is 5.76. The summed E-state index contributed by atoms with van der Waals surface area (Å²) in [5, 5.41) is 8.72. The van der Waals surface area contributed by atoms with Gasteiger partial charge in [-0.3, -0.25) is 4.99 Å². The first-order chi connectivity index (χ1) is 11.7. The molecule has 1 atom stereocenters. The number of methoxy groups -OCH3 is 1. The molecular weight excluding hydrogens is 322 g/mol. The highest BCUT2D eigenvalue weighted by Gasteiger charge is 2.21. The highest BCUT2D eigenvalue weighted by atomic mass is 32.1. The second-order valence-corrected chi connectivity index (χ2v) is 6.80. The molecule has 2 aromatic rings. The molecule has 2 heterocycles. The van der Waals surface area contributed by atoms with Crippen LogP contribution >= 0.6 is 11.3 Å². The maximum atomic E-state index is 5.85. The van der Waals surface area contributed by atoms with Crippen molar-refractivity contribution in [3.05, 3.63) is 45.6 Å². The molecule has 3 rings (SSSR count). The van der Waals surface area contributed by atoms with Crippen molar-refractivity contribution in [2.75, 3.05) is 14.2 Å². The normalized spacial score (nSPS) is 16.5. The van der Waals surface area contributed by atoms with Crippen LogP contribution in [0.15, 0.2) is 34.6 Å². The summed E-state index contributed by atoms with van der Waals surface area (Å²) in [6, 6.07) is 8.30. The molecule has 2 N–H and O–H groups in total. The smallest absolute Gasteiger partial charge is 0.191 e. The molecule has 1 aromatic carbocycles. The van der Waals surface area contributed by atoms with Gasteiger partial charge in [-0.25, -0.2) is 0 Å². The molecule has 24 heavy (non-hydrogen) atoms. The number of ether oxygens (including phenoxy) is 2. The Morgan fingerprint density at radius 2 is 2.21 bits per heavy atom. The number of hydrogen-bond acceptors (Lipinski definition) is 4. The molecule has 0 radical (unpaired) electrons. The van der Waals surface area contributed by atoms with Gasteiger partial charge in [0.05, 0.1) is 13.7 Å². The van der Waals surface area contributed by atoms with E-state index in [1.807, 2.05) is 6.07 Å².